The fraction of sp³-hybridized carbons (Fsp3) is 0.278. The van der Waals surface area contributed by atoms with E-state index >= 15 is 0 Å². The van der Waals surface area contributed by atoms with E-state index in [1.54, 1.807) is 18.2 Å². The molecule has 0 aromatic heterocycles. The monoisotopic (exact) mass is 360 g/mol. The van der Waals surface area contributed by atoms with Crippen molar-refractivity contribution in [1.82, 2.24) is 0 Å². The third-order valence-electron chi connectivity index (χ3n) is 3.76. The Hall–Kier alpha value is -2.54. The maximum absolute atomic E-state index is 12.6. The largest absolute Gasteiger partial charge is 0.506 e. The minimum atomic E-state index is -0.635. The number of nitrogens with one attached hydrogen (secondary N) is 1. The van der Waals surface area contributed by atoms with Crippen molar-refractivity contribution in [3.63, 3.8) is 0 Å². The van der Waals surface area contributed by atoms with Gasteiger partial charge >= 0.3 is 0 Å². The molecule has 0 spiro atoms. The molecule has 0 fully saturated rings. The summed E-state index contributed by atoms with van der Waals surface area (Å²) in [4.78, 5) is 23.9. The molecule has 6 nitrogen and oxygen atoms in total. The van der Waals surface area contributed by atoms with Gasteiger partial charge in [0.1, 0.15) is 11.3 Å². The lowest BCUT2D eigenvalue weighted by Gasteiger charge is -2.20. The molecule has 0 radical (unpaired) electrons. The Morgan fingerprint density at radius 2 is 1.88 bits per heavy atom. The summed E-state index contributed by atoms with van der Waals surface area (Å²) in [6.45, 7) is 6.04. The van der Waals surface area contributed by atoms with Crippen molar-refractivity contribution in [1.29, 1.82) is 0 Å². The average molecular weight is 360 g/mol. The van der Waals surface area contributed by atoms with Crippen LogP contribution in [0.3, 0.4) is 0 Å². The van der Waals surface area contributed by atoms with Gasteiger partial charge in [-0.2, -0.15) is 0 Å². The summed E-state index contributed by atoms with van der Waals surface area (Å²) in [5.41, 5.74) is 0.659. The molecular formula is C18H20N2O4S. The number of nitro groups is 1. The molecule has 2 rings (SSSR count). The lowest BCUT2D eigenvalue weighted by Crippen LogP contribution is -2.16. The fourth-order valence-electron chi connectivity index (χ4n) is 2.28. The first-order valence-electron chi connectivity index (χ1n) is 7.60. The second-order valence-electron chi connectivity index (χ2n) is 6.58. The van der Waals surface area contributed by atoms with Gasteiger partial charge in [-0.05, 0) is 41.5 Å². The average Bonchev–Trinajstić information content (AvgIpc) is 2.55. The van der Waals surface area contributed by atoms with Crippen molar-refractivity contribution in [2.24, 2.45) is 0 Å². The maximum Gasteiger partial charge on any atom is 0.282 e. The third-order valence-corrected chi connectivity index (χ3v) is 4.48. The van der Waals surface area contributed by atoms with Crippen LogP contribution in [0.2, 0.25) is 0 Å². The number of aromatic hydroxyl groups is 1. The van der Waals surface area contributed by atoms with Gasteiger partial charge in [-0.3, -0.25) is 14.9 Å². The Balaban J connectivity index is 2.42. The van der Waals surface area contributed by atoms with E-state index in [2.05, 4.69) is 5.32 Å². The zero-order valence-electron chi connectivity index (χ0n) is 14.5. The molecule has 0 bridgehead atoms. The summed E-state index contributed by atoms with van der Waals surface area (Å²) in [6, 6.07) is 9.34. The highest BCUT2D eigenvalue weighted by atomic mass is 32.2. The first-order chi connectivity index (χ1) is 11.6. The molecule has 1 amide bonds. The van der Waals surface area contributed by atoms with Gasteiger partial charge in [0, 0.05) is 11.0 Å². The van der Waals surface area contributed by atoms with Crippen LogP contribution in [0.15, 0.2) is 41.3 Å². The van der Waals surface area contributed by atoms with Gasteiger partial charge in [0.05, 0.1) is 10.6 Å². The number of hydrogen-bond donors (Lipinski definition) is 2. The lowest BCUT2D eigenvalue weighted by atomic mass is 9.87. The van der Waals surface area contributed by atoms with Gasteiger partial charge in [0.25, 0.3) is 11.6 Å². The summed E-state index contributed by atoms with van der Waals surface area (Å²) in [5, 5.41) is 23.8. The van der Waals surface area contributed by atoms with Crippen LogP contribution in [0.4, 0.5) is 11.4 Å². The molecule has 25 heavy (non-hydrogen) atoms. The van der Waals surface area contributed by atoms with Crippen LogP contribution in [0.25, 0.3) is 0 Å². The van der Waals surface area contributed by atoms with Crippen LogP contribution in [-0.4, -0.2) is 22.2 Å². The summed E-state index contributed by atoms with van der Waals surface area (Å²) in [6.07, 6.45) is 1.82. The number of carbonyl (C=O) groups excluding carboxylic acids is 1. The number of benzene rings is 2. The molecule has 0 saturated carbocycles. The SMILES string of the molecule is CSc1ccc([N+](=O)[O-])c(C(=O)Nc2cc(C(C)(C)C)ccc2O)c1. The molecule has 7 heteroatoms. The second kappa shape index (κ2) is 7.14. The first-order valence-corrected chi connectivity index (χ1v) is 8.83. The Labute approximate surface area is 150 Å². The Morgan fingerprint density at radius 3 is 2.44 bits per heavy atom. The number of phenols is 1. The highest BCUT2D eigenvalue weighted by molar-refractivity contribution is 7.98. The van der Waals surface area contributed by atoms with Crippen LogP contribution in [0.5, 0.6) is 5.75 Å². The van der Waals surface area contributed by atoms with Crippen molar-refractivity contribution >= 4 is 29.0 Å². The zero-order chi connectivity index (χ0) is 18.8. The lowest BCUT2D eigenvalue weighted by molar-refractivity contribution is -0.385. The molecule has 0 heterocycles. The summed E-state index contributed by atoms with van der Waals surface area (Å²) >= 11 is 1.38. The second-order valence-corrected chi connectivity index (χ2v) is 7.46. The van der Waals surface area contributed by atoms with Crippen LogP contribution in [-0.2, 0) is 5.41 Å². The number of nitrogens with zero attached hydrogens (tertiary/aromatic N) is 1. The minimum absolute atomic E-state index is 0.0441. The van der Waals surface area contributed by atoms with Crippen LogP contribution in [0.1, 0.15) is 36.7 Å². The van der Waals surface area contributed by atoms with Crippen LogP contribution >= 0.6 is 11.8 Å². The Kier molecular flexibility index (Phi) is 5.37. The number of phenolic OH excluding ortho intramolecular Hbond substituents is 1. The number of amides is 1. The van der Waals surface area contributed by atoms with E-state index in [1.807, 2.05) is 27.0 Å². The number of rotatable bonds is 4. The third kappa shape index (κ3) is 4.30. The standard InChI is InChI=1S/C18H20N2O4S/c1-18(2,3)11-5-8-16(21)14(9-11)19-17(22)13-10-12(25-4)6-7-15(13)20(23)24/h5-10,21H,1-4H3,(H,19,22). The van der Waals surface area contributed by atoms with Crippen LogP contribution < -0.4 is 5.32 Å². The van der Waals surface area contributed by atoms with Gasteiger partial charge in [-0.1, -0.05) is 26.8 Å². The number of anilines is 1. The topological polar surface area (TPSA) is 92.5 Å². The Bertz CT molecular complexity index is 828. The number of carbonyl (C=O) groups is 1. The van der Waals surface area contributed by atoms with E-state index in [-0.39, 0.29) is 28.1 Å². The van der Waals surface area contributed by atoms with Crippen molar-refractivity contribution in [3.8, 4) is 5.75 Å². The number of hydrogen-bond acceptors (Lipinski definition) is 5. The van der Waals surface area contributed by atoms with Crippen LogP contribution in [0, 0.1) is 10.1 Å². The van der Waals surface area contributed by atoms with E-state index in [9.17, 15) is 20.0 Å². The number of thioether (sulfide) groups is 1. The highest BCUT2D eigenvalue weighted by Gasteiger charge is 2.22. The molecule has 0 aliphatic carbocycles. The molecule has 0 saturated heterocycles. The van der Waals surface area contributed by atoms with E-state index in [1.165, 1.54) is 30.0 Å². The number of nitro benzene ring substituents is 1. The molecule has 2 aromatic carbocycles. The van der Waals surface area contributed by atoms with Gasteiger partial charge in [-0.25, -0.2) is 0 Å². The molecule has 2 N–H and O–H groups in total. The normalized spacial score (nSPS) is 11.2. The summed E-state index contributed by atoms with van der Waals surface area (Å²) < 4.78 is 0. The van der Waals surface area contributed by atoms with Crippen molar-refractivity contribution in [2.75, 3.05) is 11.6 Å². The zero-order valence-corrected chi connectivity index (χ0v) is 15.3. The molecular weight excluding hydrogens is 340 g/mol. The fourth-order valence-corrected chi connectivity index (χ4v) is 2.72. The quantitative estimate of drug-likeness (QED) is 0.360. The van der Waals surface area contributed by atoms with Gasteiger partial charge < -0.3 is 10.4 Å². The van der Waals surface area contributed by atoms with Crippen molar-refractivity contribution < 1.29 is 14.8 Å². The maximum atomic E-state index is 12.6. The van der Waals surface area contributed by atoms with Crippen molar-refractivity contribution in [3.05, 3.63) is 57.6 Å². The molecule has 0 atom stereocenters. The van der Waals surface area contributed by atoms with E-state index in [0.29, 0.717) is 0 Å². The van der Waals surface area contributed by atoms with Gasteiger partial charge in [-0.15, -0.1) is 11.8 Å². The molecule has 0 aliphatic heterocycles. The smallest absolute Gasteiger partial charge is 0.282 e. The van der Waals surface area contributed by atoms with E-state index < -0.39 is 10.8 Å². The summed E-state index contributed by atoms with van der Waals surface area (Å²) in [7, 11) is 0. The van der Waals surface area contributed by atoms with Crippen molar-refractivity contribution in [2.45, 2.75) is 31.1 Å². The molecule has 0 unspecified atom stereocenters. The first kappa shape index (κ1) is 18.8. The van der Waals surface area contributed by atoms with Gasteiger partial charge in [0.15, 0.2) is 0 Å². The predicted molar refractivity (Wildman–Crippen MR) is 99.6 cm³/mol. The van der Waals surface area contributed by atoms with Gasteiger partial charge in [0.2, 0.25) is 0 Å². The minimum Gasteiger partial charge on any atom is -0.506 e. The van der Waals surface area contributed by atoms with E-state index in [4.69, 9.17) is 0 Å². The Morgan fingerprint density at radius 1 is 1.20 bits per heavy atom. The molecule has 2 aromatic rings. The van der Waals surface area contributed by atoms with E-state index in [0.717, 1.165) is 10.5 Å². The highest BCUT2D eigenvalue weighted by Crippen LogP contribution is 2.32. The molecule has 0 aliphatic rings. The molecule has 132 valence electrons. The summed E-state index contributed by atoms with van der Waals surface area (Å²) in [5.74, 6) is -0.728. The predicted octanol–water partition coefficient (Wildman–Crippen LogP) is 4.57.